The smallest absolute Gasteiger partial charge is 0.238 e. The predicted octanol–water partition coefficient (Wildman–Crippen LogP) is 1.75. The molecule has 0 radical (unpaired) electrons. The minimum absolute atomic E-state index is 0.0206. The molecule has 0 aliphatic carbocycles. The van der Waals surface area contributed by atoms with Crippen LogP contribution in [-0.2, 0) is 4.79 Å². The van der Waals surface area contributed by atoms with E-state index in [9.17, 15) is 9.59 Å². The molecule has 0 bridgehead atoms. The van der Waals surface area contributed by atoms with Gasteiger partial charge in [0.05, 0.1) is 6.54 Å². The minimum Gasteiger partial charge on any atom is -0.353 e. The van der Waals surface area contributed by atoms with E-state index in [4.69, 9.17) is 0 Å². The average molecular weight is 353 g/mol. The molecule has 1 aromatic carbocycles. The van der Waals surface area contributed by atoms with Crippen molar-refractivity contribution in [2.24, 2.45) is 0 Å². The van der Waals surface area contributed by atoms with Gasteiger partial charge in [-0.15, -0.1) is 0 Å². The molecular formula is C19H23N5O2. The van der Waals surface area contributed by atoms with Gasteiger partial charge in [-0.25, -0.2) is 9.97 Å². The van der Waals surface area contributed by atoms with E-state index in [1.807, 2.05) is 24.9 Å². The van der Waals surface area contributed by atoms with E-state index in [0.29, 0.717) is 23.8 Å². The summed E-state index contributed by atoms with van der Waals surface area (Å²) in [7, 11) is 1.94. The number of hydrogen-bond acceptors (Lipinski definition) is 6. The molecule has 1 aromatic heterocycles. The van der Waals surface area contributed by atoms with Crippen molar-refractivity contribution in [3.05, 3.63) is 47.9 Å². The van der Waals surface area contributed by atoms with E-state index in [0.717, 1.165) is 24.6 Å². The molecule has 0 atom stereocenters. The Morgan fingerprint density at radius 1 is 1.27 bits per heavy atom. The molecule has 2 heterocycles. The van der Waals surface area contributed by atoms with Crippen molar-refractivity contribution in [3.8, 4) is 0 Å². The summed E-state index contributed by atoms with van der Waals surface area (Å²) in [5, 5.41) is 2.85. The Kier molecular flexibility index (Phi) is 5.27. The molecule has 1 N–H and O–H groups in total. The highest BCUT2D eigenvalue weighted by Crippen LogP contribution is 2.21. The summed E-state index contributed by atoms with van der Waals surface area (Å²) in [6.07, 6.45) is 1.57. The zero-order valence-corrected chi connectivity index (χ0v) is 15.3. The summed E-state index contributed by atoms with van der Waals surface area (Å²) in [5.74, 6) is 0.810. The van der Waals surface area contributed by atoms with Crippen LogP contribution in [-0.4, -0.2) is 59.3 Å². The third-order valence-electron chi connectivity index (χ3n) is 4.54. The summed E-state index contributed by atoms with van der Waals surface area (Å²) >= 11 is 0. The average Bonchev–Trinajstić information content (AvgIpc) is 2.53. The fourth-order valence-electron chi connectivity index (χ4n) is 2.91. The first-order valence-electron chi connectivity index (χ1n) is 8.57. The number of rotatable bonds is 6. The summed E-state index contributed by atoms with van der Waals surface area (Å²) in [4.78, 5) is 36.3. The molecule has 0 spiro atoms. The van der Waals surface area contributed by atoms with Crippen LogP contribution in [0, 0.1) is 6.92 Å². The highest BCUT2D eigenvalue weighted by atomic mass is 16.2. The lowest BCUT2D eigenvalue weighted by molar-refractivity contribution is -0.117. The zero-order chi connectivity index (χ0) is 18.7. The third-order valence-corrected chi connectivity index (χ3v) is 4.54. The van der Waals surface area contributed by atoms with Crippen molar-refractivity contribution >= 4 is 23.2 Å². The van der Waals surface area contributed by atoms with E-state index < -0.39 is 0 Å². The second-order valence-corrected chi connectivity index (χ2v) is 6.68. The number of aryl methyl sites for hydroxylation is 1. The molecule has 3 rings (SSSR count). The van der Waals surface area contributed by atoms with Gasteiger partial charge in [-0.1, -0.05) is 12.1 Å². The van der Waals surface area contributed by atoms with Crippen LogP contribution in [0.2, 0.25) is 0 Å². The van der Waals surface area contributed by atoms with Crippen LogP contribution in [0.1, 0.15) is 23.0 Å². The summed E-state index contributed by atoms with van der Waals surface area (Å²) in [5.41, 5.74) is 2.17. The number of benzene rings is 1. The summed E-state index contributed by atoms with van der Waals surface area (Å²) in [6, 6.07) is 9.26. The number of Topliss-reactive ketones (excluding diaryl/α,β-unsaturated/α-hetero) is 1. The Balaban J connectivity index is 1.49. The van der Waals surface area contributed by atoms with E-state index in [-0.39, 0.29) is 11.7 Å². The van der Waals surface area contributed by atoms with Gasteiger partial charge in [0.1, 0.15) is 12.1 Å². The van der Waals surface area contributed by atoms with Gasteiger partial charge in [-0.2, -0.15) is 0 Å². The van der Waals surface area contributed by atoms with E-state index in [1.165, 1.54) is 6.92 Å². The number of hydrogen-bond donors (Lipinski definition) is 1. The van der Waals surface area contributed by atoms with Crippen molar-refractivity contribution in [2.45, 2.75) is 19.9 Å². The second kappa shape index (κ2) is 7.61. The zero-order valence-electron chi connectivity index (χ0n) is 15.3. The van der Waals surface area contributed by atoms with Crippen LogP contribution in [0.25, 0.3) is 0 Å². The van der Waals surface area contributed by atoms with Gasteiger partial charge in [0.2, 0.25) is 5.91 Å². The lowest BCUT2D eigenvalue weighted by Crippen LogP contribution is -2.59. The Bertz CT molecular complexity index is 817. The largest absolute Gasteiger partial charge is 0.353 e. The SMILES string of the molecule is CC(=O)c1cccc(NC(=O)CN(C)C2CN(c3cc(C)ncn3)C2)c1. The summed E-state index contributed by atoms with van der Waals surface area (Å²) in [6.45, 7) is 5.42. The first-order valence-corrected chi connectivity index (χ1v) is 8.57. The molecule has 1 saturated heterocycles. The van der Waals surface area contributed by atoms with E-state index >= 15 is 0 Å². The van der Waals surface area contributed by atoms with Gasteiger partial charge in [-0.3, -0.25) is 14.5 Å². The first-order chi connectivity index (χ1) is 12.4. The number of aromatic nitrogens is 2. The second-order valence-electron chi connectivity index (χ2n) is 6.68. The Hall–Kier alpha value is -2.80. The number of anilines is 2. The molecule has 136 valence electrons. The number of nitrogens with one attached hydrogen (secondary N) is 1. The topological polar surface area (TPSA) is 78.4 Å². The van der Waals surface area contributed by atoms with E-state index in [1.54, 1.807) is 30.6 Å². The maximum Gasteiger partial charge on any atom is 0.238 e. The molecule has 26 heavy (non-hydrogen) atoms. The van der Waals surface area contributed by atoms with Crippen LogP contribution in [0.5, 0.6) is 0 Å². The molecule has 1 aliphatic rings. The fraction of sp³-hybridized carbons (Fsp3) is 0.368. The van der Waals surface area contributed by atoms with Crippen molar-refractivity contribution in [2.75, 3.05) is 36.9 Å². The quantitative estimate of drug-likeness (QED) is 0.797. The van der Waals surface area contributed by atoms with Crippen LogP contribution in [0.3, 0.4) is 0 Å². The number of ketones is 1. The maximum absolute atomic E-state index is 12.3. The van der Waals surface area contributed by atoms with Crippen molar-refractivity contribution < 1.29 is 9.59 Å². The Morgan fingerprint density at radius 3 is 2.73 bits per heavy atom. The van der Waals surface area contributed by atoms with Gasteiger partial charge in [0, 0.05) is 42.1 Å². The van der Waals surface area contributed by atoms with Crippen LogP contribution >= 0.6 is 0 Å². The molecular weight excluding hydrogens is 330 g/mol. The molecule has 7 heteroatoms. The Labute approximate surface area is 153 Å². The number of likely N-dealkylation sites (N-methyl/N-ethyl adjacent to an activating group) is 1. The molecule has 0 unspecified atom stereocenters. The monoisotopic (exact) mass is 353 g/mol. The molecule has 7 nitrogen and oxygen atoms in total. The molecule has 0 saturated carbocycles. The molecule has 1 aliphatic heterocycles. The first kappa shape index (κ1) is 18.0. The van der Waals surface area contributed by atoms with Crippen molar-refractivity contribution in [1.29, 1.82) is 0 Å². The standard InChI is InChI=1S/C19H23N5O2/c1-13-7-18(21-12-20-13)24-9-17(10-24)23(3)11-19(26)22-16-6-4-5-15(8-16)14(2)25/h4-8,12,17H,9-11H2,1-3H3,(H,22,26). The minimum atomic E-state index is -0.0930. The van der Waals surface area contributed by atoms with Gasteiger partial charge in [0.15, 0.2) is 5.78 Å². The Morgan fingerprint density at radius 2 is 2.04 bits per heavy atom. The third kappa shape index (κ3) is 4.23. The van der Waals surface area contributed by atoms with Crippen LogP contribution < -0.4 is 10.2 Å². The molecule has 2 aromatic rings. The maximum atomic E-state index is 12.3. The highest BCUT2D eigenvalue weighted by Gasteiger charge is 2.31. The highest BCUT2D eigenvalue weighted by molar-refractivity contribution is 5.97. The van der Waals surface area contributed by atoms with Gasteiger partial charge < -0.3 is 10.2 Å². The summed E-state index contributed by atoms with van der Waals surface area (Å²) < 4.78 is 0. The van der Waals surface area contributed by atoms with Crippen LogP contribution in [0.4, 0.5) is 11.5 Å². The number of nitrogens with zero attached hydrogens (tertiary/aromatic N) is 4. The fourth-order valence-corrected chi connectivity index (χ4v) is 2.91. The number of amides is 1. The van der Waals surface area contributed by atoms with Crippen molar-refractivity contribution in [1.82, 2.24) is 14.9 Å². The van der Waals surface area contributed by atoms with Crippen molar-refractivity contribution in [3.63, 3.8) is 0 Å². The van der Waals surface area contributed by atoms with Gasteiger partial charge in [0.25, 0.3) is 0 Å². The lowest BCUT2D eigenvalue weighted by Gasteiger charge is -2.44. The molecule has 1 fully saturated rings. The normalized spacial score (nSPS) is 14.2. The van der Waals surface area contributed by atoms with Gasteiger partial charge in [-0.05, 0) is 33.0 Å². The van der Waals surface area contributed by atoms with Gasteiger partial charge >= 0.3 is 0 Å². The number of carbonyl (C=O) groups is 2. The van der Waals surface area contributed by atoms with Crippen LogP contribution in [0.15, 0.2) is 36.7 Å². The van der Waals surface area contributed by atoms with E-state index in [2.05, 4.69) is 20.2 Å². The number of carbonyl (C=O) groups excluding carboxylic acids is 2. The lowest BCUT2D eigenvalue weighted by atomic mass is 10.1. The predicted molar refractivity (Wildman–Crippen MR) is 100 cm³/mol. The molecule has 1 amide bonds.